The second-order valence-corrected chi connectivity index (χ2v) is 8.57. The molecule has 0 saturated carbocycles. The van der Waals surface area contributed by atoms with Crippen LogP contribution in [0.1, 0.15) is 47.8 Å². The van der Waals surface area contributed by atoms with E-state index in [-0.39, 0.29) is 43.0 Å². The maximum atomic E-state index is 12.8. The summed E-state index contributed by atoms with van der Waals surface area (Å²) in [4.78, 5) is 33.0. The van der Waals surface area contributed by atoms with E-state index in [1.54, 1.807) is 34.2 Å². The molecular weight excluding hydrogens is 390 g/mol. The van der Waals surface area contributed by atoms with Gasteiger partial charge >= 0.3 is 0 Å². The van der Waals surface area contributed by atoms with Crippen LogP contribution >= 0.6 is 0 Å². The number of piperazine rings is 1. The Bertz CT molecular complexity index is 1010. The van der Waals surface area contributed by atoms with Gasteiger partial charge in [0.2, 0.25) is 5.91 Å². The van der Waals surface area contributed by atoms with E-state index in [9.17, 15) is 14.7 Å². The summed E-state index contributed by atoms with van der Waals surface area (Å²) in [6, 6.07) is 12.8. The van der Waals surface area contributed by atoms with Crippen LogP contribution in [0.15, 0.2) is 48.7 Å². The molecule has 0 bridgehead atoms. The monoisotopic (exact) mass is 417 g/mol. The molecule has 3 heterocycles. The predicted octanol–water partition coefficient (Wildman–Crippen LogP) is 2.29. The fraction of sp³-hybridized carbons (Fsp3) is 0.400. The molecule has 0 unspecified atom stereocenters. The number of hydrogen-bond donors (Lipinski definition) is 1. The highest BCUT2D eigenvalue weighted by Crippen LogP contribution is 2.43. The Morgan fingerprint density at radius 2 is 2.00 bits per heavy atom. The molecule has 1 N–H and O–H groups in total. The van der Waals surface area contributed by atoms with Crippen molar-refractivity contribution in [2.24, 2.45) is 5.92 Å². The fourth-order valence-electron chi connectivity index (χ4n) is 4.45. The van der Waals surface area contributed by atoms with Gasteiger partial charge in [0.05, 0.1) is 18.7 Å². The smallest absolute Gasteiger partial charge is 0.272 e. The minimum absolute atomic E-state index is 0.0134. The molecule has 2 fully saturated rings. The second kappa shape index (κ2) is 8.91. The van der Waals surface area contributed by atoms with E-state index >= 15 is 0 Å². The molecule has 0 spiro atoms. The van der Waals surface area contributed by atoms with Gasteiger partial charge in [-0.15, -0.1) is 0 Å². The van der Waals surface area contributed by atoms with Gasteiger partial charge in [-0.3, -0.25) is 14.6 Å². The Hall–Kier alpha value is -3.17. The highest BCUT2D eigenvalue weighted by atomic mass is 16.3. The average Bonchev–Trinajstić information content (AvgIpc) is 2.76. The first-order chi connectivity index (χ1) is 15.0. The number of rotatable bonds is 4. The van der Waals surface area contributed by atoms with E-state index in [1.807, 2.05) is 24.3 Å². The molecule has 1 aromatic heterocycles. The van der Waals surface area contributed by atoms with Gasteiger partial charge < -0.3 is 14.9 Å². The maximum absolute atomic E-state index is 12.8. The van der Waals surface area contributed by atoms with E-state index in [4.69, 9.17) is 0 Å². The maximum Gasteiger partial charge on any atom is 0.272 e. The number of fused-ring (bicyclic) bond motifs is 1. The molecule has 6 heteroatoms. The van der Waals surface area contributed by atoms with E-state index in [0.717, 1.165) is 17.5 Å². The Morgan fingerprint density at radius 1 is 1.23 bits per heavy atom. The molecule has 0 aliphatic carbocycles. The molecular formula is C25H27N3O3. The van der Waals surface area contributed by atoms with Crippen molar-refractivity contribution < 1.29 is 14.7 Å². The van der Waals surface area contributed by atoms with Crippen molar-refractivity contribution in [3.05, 3.63) is 65.5 Å². The van der Waals surface area contributed by atoms with Crippen LogP contribution in [0.5, 0.6) is 0 Å². The molecule has 2 amide bonds. The van der Waals surface area contributed by atoms with Gasteiger partial charge in [-0.25, -0.2) is 0 Å². The average molecular weight is 418 g/mol. The van der Waals surface area contributed by atoms with E-state index < -0.39 is 0 Å². The standard InChI is InChI=1S/C25H27N3O3/c1-17(2)6-5-7-18-9-11-19(12-10-18)24-21-14-27(15-23(30)28(21)22(24)16-29)25(31)20-8-3-4-13-26-20/h3-4,8-13,17,21-22,24,29H,6,14-16H2,1-2H3/t21-,22-,24-/m0/s1. The van der Waals surface area contributed by atoms with E-state index in [0.29, 0.717) is 18.2 Å². The zero-order chi connectivity index (χ0) is 22.0. The van der Waals surface area contributed by atoms with Crippen molar-refractivity contribution in [3.8, 4) is 11.8 Å². The summed E-state index contributed by atoms with van der Waals surface area (Å²) >= 11 is 0. The summed E-state index contributed by atoms with van der Waals surface area (Å²) in [5.74, 6) is 6.52. The lowest BCUT2D eigenvalue weighted by atomic mass is 9.73. The van der Waals surface area contributed by atoms with Gasteiger partial charge in [0.25, 0.3) is 5.91 Å². The number of nitrogens with zero attached hydrogens (tertiary/aromatic N) is 3. The Balaban J connectivity index is 1.52. The largest absolute Gasteiger partial charge is 0.394 e. The van der Waals surface area contributed by atoms with Crippen LogP contribution in [0.2, 0.25) is 0 Å². The third-order valence-corrected chi connectivity index (χ3v) is 5.96. The lowest BCUT2D eigenvalue weighted by Crippen LogP contribution is -2.73. The first-order valence-corrected chi connectivity index (χ1v) is 10.7. The topological polar surface area (TPSA) is 73.7 Å². The van der Waals surface area contributed by atoms with Gasteiger partial charge in [-0.1, -0.05) is 43.9 Å². The van der Waals surface area contributed by atoms with Crippen molar-refractivity contribution in [3.63, 3.8) is 0 Å². The minimum atomic E-state index is -0.262. The van der Waals surface area contributed by atoms with Crippen molar-refractivity contribution in [2.75, 3.05) is 19.7 Å². The lowest BCUT2D eigenvalue weighted by Gasteiger charge is -2.58. The van der Waals surface area contributed by atoms with Crippen LogP contribution in [-0.4, -0.2) is 63.5 Å². The molecule has 2 aliphatic heterocycles. The zero-order valence-corrected chi connectivity index (χ0v) is 17.9. The summed E-state index contributed by atoms with van der Waals surface area (Å²) in [6.07, 6.45) is 2.43. The number of benzene rings is 1. The van der Waals surface area contributed by atoms with Crippen molar-refractivity contribution in [1.29, 1.82) is 0 Å². The number of aromatic nitrogens is 1. The molecule has 3 atom stereocenters. The van der Waals surface area contributed by atoms with Gasteiger partial charge in [0, 0.05) is 30.6 Å². The molecule has 4 rings (SSSR count). The molecule has 160 valence electrons. The SMILES string of the molecule is CC(C)CC#Cc1ccc([C@@H]2[C@H](CO)N3C(=O)CN(C(=O)c4ccccn4)C[C@@H]23)cc1. The highest BCUT2D eigenvalue weighted by Gasteiger charge is 2.54. The Labute approximate surface area is 182 Å². The van der Waals surface area contributed by atoms with Crippen LogP contribution in [0.4, 0.5) is 0 Å². The molecule has 2 aliphatic rings. The van der Waals surface area contributed by atoms with Gasteiger partial charge in [0.15, 0.2) is 0 Å². The van der Waals surface area contributed by atoms with Gasteiger partial charge in [0.1, 0.15) is 12.2 Å². The Kier molecular flexibility index (Phi) is 6.06. The third-order valence-electron chi connectivity index (χ3n) is 5.96. The van der Waals surface area contributed by atoms with Crippen LogP contribution in [0, 0.1) is 17.8 Å². The summed E-state index contributed by atoms with van der Waals surface area (Å²) in [5.41, 5.74) is 2.34. The van der Waals surface area contributed by atoms with Crippen LogP contribution in [0.3, 0.4) is 0 Å². The highest BCUT2D eigenvalue weighted by molar-refractivity contribution is 5.96. The van der Waals surface area contributed by atoms with Crippen LogP contribution in [0.25, 0.3) is 0 Å². The number of hydrogen-bond acceptors (Lipinski definition) is 4. The van der Waals surface area contributed by atoms with Crippen LogP contribution in [-0.2, 0) is 4.79 Å². The quantitative estimate of drug-likeness (QED) is 0.775. The number of amides is 2. The zero-order valence-electron chi connectivity index (χ0n) is 17.9. The predicted molar refractivity (Wildman–Crippen MR) is 117 cm³/mol. The normalized spacial score (nSPS) is 22.5. The van der Waals surface area contributed by atoms with E-state index in [2.05, 4.69) is 30.7 Å². The third kappa shape index (κ3) is 4.19. The number of carbonyl (C=O) groups excluding carboxylic acids is 2. The van der Waals surface area contributed by atoms with Gasteiger partial charge in [-0.05, 0) is 35.7 Å². The second-order valence-electron chi connectivity index (χ2n) is 8.57. The van der Waals surface area contributed by atoms with Gasteiger partial charge in [-0.2, -0.15) is 0 Å². The Morgan fingerprint density at radius 3 is 2.65 bits per heavy atom. The first-order valence-electron chi connectivity index (χ1n) is 10.7. The number of aliphatic hydroxyl groups excluding tert-OH is 1. The van der Waals surface area contributed by atoms with E-state index in [1.165, 1.54) is 0 Å². The minimum Gasteiger partial charge on any atom is -0.394 e. The molecule has 2 aromatic rings. The van der Waals surface area contributed by atoms with Crippen molar-refractivity contribution in [2.45, 2.75) is 38.3 Å². The summed E-state index contributed by atoms with van der Waals surface area (Å²) in [5, 5.41) is 9.94. The number of carbonyl (C=O) groups is 2. The summed E-state index contributed by atoms with van der Waals surface area (Å²) < 4.78 is 0. The summed E-state index contributed by atoms with van der Waals surface area (Å²) in [6.45, 7) is 4.62. The summed E-state index contributed by atoms with van der Waals surface area (Å²) in [7, 11) is 0. The molecule has 31 heavy (non-hydrogen) atoms. The first kappa shape index (κ1) is 21.1. The number of pyridine rings is 1. The molecule has 6 nitrogen and oxygen atoms in total. The molecule has 0 radical (unpaired) electrons. The van der Waals surface area contributed by atoms with Crippen molar-refractivity contribution >= 4 is 11.8 Å². The van der Waals surface area contributed by atoms with Crippen molar-refractivity contribution in [1.82, 2.24) is 14.8 Å². The number of aliphatic hydroxyl groups is 1. The lowest BCUT2D eigenvalue weighted by molar-refractivity contribution is -0.159. The molecule has 2 saturated heterocycles. The fourth-order valence-corrected chi connectivity index (χ4v) is 4.45. The molecule has 1 aromatic carbocycles. The van der Waals surface area contributed by atoms with Crippen LogP contribution < -0.4 is 0 Å².